The van der Waals surface area contributed by atoms with Gasteiger partial charge in [-0.15, -0.1) is 11.3 Å². The predicted molar refractivity (Wildman–Crippen MR) is 90.5 cm³/mol. The first-order valence-electron chi connectivity index (χ1n) is 8.08. The van der Waals surface area contributed by atoms with Crippen LogP contribution in [0.3, 0.4) is 0 Å². The fraction of sp³-hybridized carbons (Fsp3) is 0.529. The Hall–Kier alpha value is -1.82. The van der Waals surface area contributed by atoms with Crippen molar-refractivity contribution in [3.8, 4) is 0 Å². The lowest BCUT2D eigenvalue weighted by atomic mass is 9.95. The smallest absolute Gasteiger partial charge is 0.226 e. The summed E-state index contributed by atoms with van der Waals surface area (Å²) in [4.78, 5) is 26.8. The Labute approximate surface area is 140 Å². The maximum atomic E-state index is 12.1. The Kier molecular flexibility index (Phi) is 4.71. The zero-order chi connectivity index (χ0) is 16.4. The van der Waals surface area contributed by atoms with Gasteiger partial charge >= 0.3 is 0 Å². The van der Waals surface area contributed by atoms with E-state index in [2.05, 4.69) is 20.3 Å². The lowest BCUT2D eigenvalue weighted by Gasteiger charge is -2.17. The van der Waals surface area contributed by atoms with E-state index in [9.17, 15) is 4.79 Å². The summed E-state index contributed by atoms with van der Waals surface area (Å²) in [6, 6.07) is 0. The van der Waals surface area contributed by atoms with Crippen LogP contribution in [0.15, 0.2) is 0 Å². The van der Waals surface area contributed by atoms with E-state index in [0.29, 0.717) is 18.8 Å². The van der Waals surface area contributed by atoms with Crippen LogP contribution >= 0.6 is 11.3 Å². The van der Waals surface area contributed by atoms with Crippen molar-refractivity contribution >= 4 is 17.2 Å². The maximum absolute atomic E-state index is 12.1. The van der Waals surface area contributed by atoms with E-state index in [1.807, 2.05) is 20.8 Å². The van der Waals surface area contributed by atoms with Crippen LogP contribution in [0.25, 0.3) is 0 Å². The van der Waals surface area contributed by atoms with Crippen molar-refractivity contribution in [3.63, 3.8) is 0 Å². The number of nitrogens with zero attached hydrogens (tertiary/aromatic N) is 3. The van der Waals surface area contributed by atoms with Gasteiger partial charge in [0.25, 0.3) is 0 Å². The van der Waals surface area contributed by atoms with Crippen LogP contribution in [0, 0.1) is 20.8 Å². The molecule has 2 heterocycles. The Morgan fingerprint density at radius 2 is 1.91 bits per heavy atom. The van der Waals surface area contributed by atoms with Gasteiger partial charge in [0.05, 0.1) is 23.7 Å². The molecule has 0 spiro atoms. The molecule has 3 rings (SSSR count). The third kappa shape index (κ3) is 3.75. The van der Waals surface area contributed by atoms with E-state index in [4.69, 9.17) is 0 Å². The van der Waals surface area contributed by atoms with Crippen molar-refractivity contribution in [2.75, 3.05) is 0 Å². The molecule has 1 amide bonds. The van der Waals surface area contributed by atoms with E-state index in [1.165, 1.54) is 24.1 Å². The number of amides is 1. The zero-order valence-corrected chi connectivity index (χ0v) is 14.7. The Morgan fingerprint density at radius 1 is 1.13 bits per heavy atom. The lowest BCUT2D eigenvalue weighted by molar-refractivity contribution is -0.120. The van der Waals surface area contributed by atoms with Crippen molar-refractivity contribution in [2.24, 2.45) is 0 Å². The molecular weight excluding hydrogens is 308 g/mol. The minimum absolute atomic E-state index is 0.0302. The van der Waals surface area contributed by atoms with Crippen LogP contribution in [0.2, 0.25) is 0 Å². The molecule has 2 aromatic heterocycles. The summed E-state index contributed by atoms with van der Waals surface area (Å²) < 4.78 is 0. The molecule has 0 saturated heterocycles. The highest BCUT2D eigenvalue weighted by Gasteiger charge is 2.16. The van der Waals surface area contributed by atoms with E-state index >= 15 is 0 Å². The molecule has 6 heteroatoms. The topological polar surface area (TPSA) is 67.8 Å². The highest BCUT2D eigenvalue weighted by atomic mass is 32.1. The summed E-state index contributed by atoms with van der Waals surface area (Å²) in [5.41, 5.74) is 4.40. The second kappa shape index (κ2) is 6.74. The van der Waals surface area contributed by atoms with Crippen molar-refractivity contribution < 1.29 is 4.79 Å². The summed E-state index contributed by atoms with van der Waals surface area (Å²) in [7, 11) is 0. The summed E-state index contributed by atoms with van der Waals surface area (Å²) in [6.45, 7) is 6.39. The first kappa shape index (κ1) is 16.1. The first-order chi connectivity index (χ1) is 11.0. The Balaban J connectivity index is 1.63. The molecule has 23 heavy (non-hydrogen) atoms. The normalized spacial score (nSPS) is 13.7. The van der Waals surface area contributed by atoms with Gasteiger partial charge < -0.3 is 5.32 Å². The van der Waals surface area contributed by atoms with E-state index < -0.39 is 0 Å². The number of rotatable bonds is 4. The van der Waals surface area contributed by atoms with Crippen molar-refractivity contribution in [2.45, 2.75) is 59.4 Å². The fourth-order valence-corrected chi connectivity index (χ4v) is 3.89. The molecule has 0 unspecified atom stereocenters. The van der Waals surface area contributed by atoms with Gasteiger partial charge in [-0.3, -0.25) is 4.79 Å². The van der Waals surface area contributed by atoms with Crippen LogP contribution in [-0.2, 0) is 30.6 Å². The van der Waals surface area contributed by atoms with E-state index in [0.717, 1.165) is 34.1 Å². The quantitative estimate of drug-likeness (QED) is 0.935. The molecular formula is C17H22N4OS. The SMILES string of the molecule is Cc1nc(CC(=O)NCc2nc(C)c3c(n2)CCCC3)c(C)s1. The van der Waals surface area contributed by atoms with Gasteiger partial charge in [0.15, 0.2) is 0 Å². The molecule has 5 nitrogen and oxygen atoms in total. The van der Waals surface area contributed by atoms with Crippen LogP contribution in [0.1, 0.15) is 51.2 Å². The third-order valence-corrected chi connectivity index (χ3v) is 5.14. The number of hydrogen-bond donors (Lipinski definition) is 1. The largest absolute Gasteiger partial charge is 0.348 e. The van der Waals surface area contributed by atoms with Crippen molar-refractivity contribution in [1.82, 2.24) is 20.3 Å². The van der Waals surface area contributed by atoms with Crippen molar-refractivity contribution in [1.29, 1.82) is 0 Å². The molecule has 0 aromatic carbocycles. The maximum Gasteiger partial charge on any atom is 0.226 e. The Bertz CT molecular complexity index is 738. The molecule has 122 valence electrons. The lowest BCUT2D eigenvalue weighted by Crippen LogP contribution is -2.26. The molecule has 0 saturated carbocycles. The van der Waals surface area contributed by atoms with Gasteiger partial charge in [0.1, 0.15) is 5.82 Å². The van der Waals surface area contributed by atoms with E-state index in [1.54, 1.807) is 11.3 Å². The van der Waals surface area contributed by atoms with Gasteiger partial charge in [-0.05, 0) is 52.0 Å². The minimum atomic E-state index is -0.0302. The highest BCUT2D eigenvalue weighted by Crippen LogP contribution is 2.21. The molecule has 1 N–H and O–H groups in total. The molecule has 0 atom stereocenters. The summed E-state index contributed by atoms with van der Waals surface area (Å²) >= 11 is 1.63. The number of nitrogens with one attached hydrogen (secondary N) is 1. The van der Waals surface area contributed by atoms with E-state index in [-0.39, 0.29) is 5.91 Å². The minimum Gasteiger partial charge on any atom is -0.348 e. The average molecular weight is 330 g/mol. The number of carbonyl (C=O) groups is 1. The van der Waals surface area contributed by atoms with Crippen molar-refractivity contribution in [3.05, 3.63) is 38.4 Å². The van der Waals surface area contributed by atoms with Gasteiger partial charge in [0.2, 0.25) is 5.91 Å². The second-order valence-electron chi connectivity index (χ2n) is 6.05. The monoisotopic (exact) mass is 330 g/mol. The molecule has 0 radical (unpaired) electrons. The number of hydrogen-bond acceptors (Lipinski definition) is 5. The zero-order valence-electron chi connectivity index (χ0n) is 13.9. The third-order valence-electron chi connectivity index (χ3n) is 4.21. The summed E-state index contributed by atoms with van der Waals surface area (Å²) in [6.07, 6.45) is 4.84. The molecule has 0 fully saturated rings. The van der Waals surface area contributed by atoms with Crippen LogP contribution in [-0.4, -0.2) is 20.9 Å². The van der Waals surface area contributed by atoms with Gasteiger partial charge in [-0.25, -0.2) is 15.0 Å². The van der Waals surface area contributed by atoms with Crippen LogP contribution in [0.5, 0.6) is 0 Å². The molecule has 0 bridgehead atoms. The summed E-state index contributed by atoms with van der Waals surface area (Å²) in [5, 5.41) is 3.92. The number of aromatic nitrogens is 3. The van der Waals surface area contributed by atoms with Crippen LogP contribution in [0.4, 0.5) is 0 Å². The average Bonchev–Trinajstić information content (AvgIpc) is 2.83. The molecule has 1 aliphatic carbocycles. The van der Waals surface area contributed by atoms with Gasteiger partial charge in [-0.2, -0.15) is 0 Å². The highest BCUT2D eigenvalue weighted by molar-refractivity contribution is 7.11. The first-order valence-corrected chi connectivity index (χ1v) is 8.89. The number of thiazole rings is 1. The molecule has 1 aliphatic rings. The predicted octanol–water partition coefficient (Wildman–Crippen LogP) is 2.60. The Morgan fingerprint density at radius 3 is 2.65 bits per heavy atom. The molecule has 0 aliphatic heterocycles. The number of fused-ring (bicyclic) bond motifs is 1. The standard InChI is InChI=1S/C17H22N4OS/c1-10-13-6-4-5-7-14(13)21-16(19-10)9-18-17(22)8-15-11(2)23-12(3)20-15/h4-9H2,1-3H3,(H,18,22). The van der Waals surface area contributed by atoms with Gasteiger partial charge in [-0.1, -0.05) is 0 Å². The summed E-state index contributed by atoms with van der Waals surface area (Å²) in [5.74, 6) is 0.681. The second-order valence-corrected chi connectivity index (χ2v) is 7.45. The molecule has 2 aromatic rings. The number of aryl methyl sites for hydroxylation is 4. The van der Waals surface area contributed by atoms with Gasteiger partial charge in [0, 0.05) is 16.3 Å². The fourth-order valence-electron chi connectivity index (χ4n) is 3.05. The van der Waals surface area contributed by atoms with Crippen LogP contribution < -0.4 is 5.32 Å². The number of carbonyl (C=O) groups excluding carboxylic acids is 1.